The molecule has 7 nitrogen and oxygen atoms in total. The molecule has 0 unspecified atom stereocenters. The lowest BCUT2D eigenvalue weighted by molar-refractivity contribution is -0.125. The number of amides is 1. The average Bonchev–Trinajstić information content (AvgIpc) is 3.01. The molecule has 0 aliphatic heterocycles. The fourth-order valence-electron chi connectivity index (χ4n) is 3.20. The summed E-state index contributed by atoms with van der Waals surface area (Å²) in [5.41, 5.74) is 2.40. The number of hydrogen-bond acceptors (Lipinski definition) is 5. The fraction of sp³-hybridized carbons (Fsp3) is 0.409. The van der Waals surface area contributed by atoms with Gasteiger partial charge in [0, 0.05) is 5.69 Å². The van der Waals surface area contributed by atoms with Gasteiger partial charge in [-0.25, -0.2) is 9.59 Å². The SMILES string of the molecule is CCC[C@H](NC(=O)COC(=O)c1c(C)[nH]c(C(=O)OCC)c1C)c1ccccc1. The van der Waals surface area contributed by atoms with E-state index < -0.39 is 18.5 Å². The molecule has 7 heteroatoms. The molecule has 0 bridgehead atoms. The van der Waals surface area contributed by atoms with Crippen LogP contribution in [0.1, 0.15) is 70.4 Å². The van der Waals surface area contributed by atoms with E-state index in [0.717, 1.165) is 18.4 Å². The van der Waals surface area contributed by atoms with E-state index in [0.29, 0.717) is 11.3 Å². The summed E-state index contributed by atoms with van der Waals surface area (Å²) in [5, 5.41) is 2.91. The molecular weight excluding hydrogens is 372 g/mol. The molecule has 1 aromatic carbocycles. The smallest absolute Gasteiger partial charge is 0.355 e. The third kappa shape index (κ3) is 5.70. The number of carbonyl (C=O) groups excluding carboxylic acids is 3. The van der Waals surface area contributed by atoms with Crippen molar-refractivity contribution in [2.45, 2.75) is 46.6 Å². The average molecular weight is 400 g/mol. The van der Waals surface area contributed by atoms with Crippen LogP contribution >= 0.6 is 0 Å². The second-order valence-corrected chi connectivity index (χ2v) is 6.74. The Kier molecular flexibility index (Phi) is 8.00. The van der Waals surface area contributed by atoms with Crippen LogP contribution in [0.4, 0.5) is 0 Å². The highest BCUT2D eigenvalue weighted by Gasteiger charge is 2.24. The van der Waals surface area contributed by atoms with Crippen molar-refractivity contribution in [3.63, 3.8) is 0 Å². The van der Waals surface area contributed by atoms with Gasteiger partial charge < -0.3 is 19.8 Å². The normalized spacial score (nSPS) is 11.6. The molecule has 0 aliphatic carbocycles. The molecule has 0 spiro atoms. The highest BCUT2D eigenvalue weighted by atomic mass is 16.5. The van der Waals surface area contributed by atoms with E-state index in [1.807, 2.05) is 37.3 Å². The number of aromatic amines is 1. The van der Waals surface area contributed by atoms with E-state index in [1.165, 1.54) is 0 Å². The van der Waals surface area contributed by atoms with Crippen molar-refractivity contribution in [3.05, 3.63) is 58.4 Å². The van der Waals surface area contributed by atoms with Crippen LogP contribution in [0.15, 0.2) is 30.3 Å². The first-order chi connectivity index (χ1) is 13.9. The Bertz CT molecular complexity index is 858. The minimum Gasteiger partial charge on any atom is -0.461 e. The maximum atomic E-state index is 12.5. The summed E-state index contributed by atoms with van der Waals surface area (Å²) < 4.78 is 10.2. The summed E-state index contributed by atoms with van der Waals surface area (Å²) in [6.45, 7) is 6.89. The first-order valence-corrected chi connectivity index (χ1v) is 9.76. The third-order valence-electron chi connectivity index (χ3n) is 4.57. The zero-order chi connectivity index (χ0) is 21.4. The van der Waals surface area contributed by atoms with Crippen LogP contribution in [-0.4, -0.2) is 36.0 Å². The Hall–Kier alpha value is -3.09. The van der Waals surface area contributed by atoms with Crippen molar-refractivity contribution in [3.8, 4) is 0 Å². The number of esters is 2. The molecule has 156 valence electrons. The Morgan fingerprint density at radius 1 is 1.03 bits per heavy atom. The van der Waals surface area contributed by atoms with Crippen LogP contribution in [0.3, 0.4) is 0 Å². The molecule has 0 radical (unpaired) electrons. The monoisotopic (exact) mass is 400 g/mol. The topological polar surface area (TPSA) is 97.5 Å². The lowest BCUT2D eigenvalue weighted by atomic mass is 10.0. The summed E-state index contributed by atoms with van der Waals surface area (Å²) in [6.07, 6.45) is 1.68. The van der Waals surface area contributed by atoms with Gasteiger partial charge in [-0.1, -0.05) is 43.7 Å². The number of hydrogen-bond donors (Lipinski definition) is 2. The van der Waals surface area contributed by atoms with Gasteiger partial charge >= 0.3 is 11.9 Å². The number of rotatable bonds is 9. The standard InChI is InChI=1S/C22H28N2O5/c1-5-10-17(16-11-8-7-9-12-16)24-18(25)13-29-21(26)19-14(3)20(23-15(19)4)22(27)28-6-2/h7-9,11-12,17,23H,5-6,10,13H2,1-4H3,(H,24,25)/t17-/m0/s1. The predicted octanol–water partition coefficient (Wildman–Crippen LogP) is 3.62. The molecule has 1 heterocycles. The minimum atomic E-state index is -0.659. The van der Waals surface area contributed by atoms with Crippen LogP contribution in [0.25, 0.3) is 0 Å². The molecule has 1 amide bonds. The van der Waals surface area contributed by atoms with Gasteiger partial charge in [0.05, 0.1) is 18.2 Å². The molecule has 1 aromatic heterocycles. The lowest BCUT2D eigenvalue weighted by Crippen LogP contribution is -2.32. The van der Waals surface area contributed by atoms with Crippen LogP contribution < -0.4 is 5.32 Å². The second-order valence-electron chi connectivity index (χ2n) is 6.74. The summed E-state index contributed by atoms with van der Waals surface area (Å²) in [4.78, 5) is 39.7. The maximum absolute atomic E-state index is 12.5. The van der Waals surface area contributed by atoms with Crippen molar-refractivity contribution in [2.75, 3.05) is 13.2 Å². The molecular formula is C22H28N2O5. The van der Waals surface area contributed by atoms with Crippen molar-refractivity contribution in [1.82, 2.24) is 10.3 Å². The maximum Gasteiger partial charge on any atom is 0.355 e. The summed E-state index contributed by atoms with van der Waals surface area (Å²) >= 11 is 0. The van der Waals surface area contributed by atoms with Gasteiger partial charge in [0.1, 0.15) is 5.69 Å². The van der Waals surface area contributed by atoms with Crippen molar-refractivity contribution in [1.29, 1.82) is 0 Å². The number of carbonyl (C=O) groups is 3. The van der Waals surface area contributed by atoms with Gasteiger partial charge in [0.25, 0.3) is 5.91 Å². The Morgan fingerprint density at radius 3 is 2.34 bits per heavy atom. The molecule has 0 aliphatic rings. The van der Waals surface area contributed by atoms with Crippen molar-refractivity contribution < 1.29 is 23.9 Å². The first-order valence-electron chi connectivity index (χ1n) is 9.76. The zero-order valence-corrected chi connectivity index (χ0v) is 17.3. The van der Waals surface area contributed by atoms with E-state index in [4.69, 9.17) is 9.47 Å². The molecule has 0 saturated carbocycles. The Balaban J connectivity index is 2.01. The van der Waals surface area contributed by atoms with Crippen LogP contribution in [0.2, 0.25) is 0 Å². The molecule has 0 saturated heterocycles. The summed E-state index contributed by atoms with van der Waals surface area (Å²) in [5.74, 6) is -1.57. The molecule has 29 heavy (non-hydrogen) atoms. The highest BCUT2D eigenvalue weighted by molar-refractivity contribution is 5.99. The molecule has 2 N–H and O–H groups in total. The Labute approximate surface area is 170 Å². The third-order valence-corrected chi connectivity index (χ3v) is 4.57. The van der Waals surface area contributed by atoms with E-state index in [2.05, 4.69) is 10.3 Å². The molecule has 2 aromatic rings. The number of nitrogens with one attached hydrogen (secondary N) is 2. The van der Waals surface area contributed by atoms with Gasteiger partial charge in [0.2, 0.25) is 0 Å². The van der Waals surface area contributed by atoms with Gasteiger partial charge in [-0.15, -0.1) is 0 Å². The number of aromatic nitrogens is 1. The first kappa shape index (κ1) is 22.2. The molecule has 2 rings (SSSR count). The fourth-order valence-corrected chi connectivity index (χ4v) is 3.20. The van der Waals surface area contributed by atoms with E-state index in [1.54, 1.807) is 20.8 Å². The summed E-state index contributed by atoms with van der Waals surface area (Å²) in [7, 11) is 0. The van der Waals surface area contributed by atoms with E-state index in [9.17, 15) is 14.4 Å². The molecule has 1 atom stereocenters. The van der Waals surface area contributed by atoms with Gasteiger partial charge in [-0.2, -0.15) is 0 Å². The highest BCUT2D eigenvalue weighted by Crippen LogP contribution is 2.20. The van der Waals surface area contributed by atoms with E-state index >= 15 is 0 Å². The van der Waals surface area contributed by atoms with Crippen LogP contribution in [0.5, 0.6) is 0 Å². The predicted molar refractivity (Wildman–Crippen MR) is 109 cm³/mol. The largest absolute Gasteiger partial charge is 0.461 e. The van der Waals surface area contributed by atoms with Crippen LogP contribution in [-0.2, 0) is 14.3 Å². The Morgan fingerprint density at radius 2 is 1.72 bits per heavy atom. The van der Waals surface area contributed by atoms with Crippen molar-refractivity contribution >= 4 is 17.8 Å². The zero-order valence-electron chi connectivity index (χ0n) is 17.3. The number of ether oxygens (including phenoxy) is 2. The van der Waals surface area contributed by atoms with Gasteiger partial charge in [-0.05, 0) is 38.3 Å². The lowest BCUT2D eigenvalue weighted by Gasteiger charge is -2.18. The quantitative estimate of drug-likeness (QED) is 0.627. The van der Waals surface area contributed by atoms with Gasteiger partial charge in [0.15, 0.2) is 6.61 Å². The summed E-state index contributed by atoms with van der Waals surface area (Å²) in [6, 6.07) is 9.53. The van der Waals surface area contributed by atoms with Gasteiger partial charge in [-0.3, -0.25) is 4.79 Å². The number of aryl methyl sites for hydroxylation is 1. The minimum absolute atomic E-state index is 0.140. The van der Waals surface area contributed by atoms with E-state index in [-0.39, 0.29) is 29.8 Å². The molecule has 0 fully saturated rings. The second kappa shape index (κ2) is 10.5. The van der Waals surface area contributed by atoms with Crippen molar-refractivity contribution in [2.24, 2.45) is 0 Å². The van der Waals surface area contributed by atoms with Crippen LogP contribution in [0, 0.1) is 13.8 Å². The number of H-pyrrole nitrogens is 1. The number of benzene rings is 1.